The Morgan fingerprint density at radius 1 is 1.56 bits per heavy atom. The van der Waals surface area contributed by atoms with Crippen LogP contribution in [0.25, 0.3) is 0 Å². The van der Waals surface area contributed by atoms with Gasteiger partial charge in [0.15, 0.2) is 0 Å². The van der Waals surface area contributed by atoms with Crippen molar-refractivity contribution in [2.75, 3.05) is 13.2 Å². The van der Waals surface area contributed by atoms with E-state index in [2.05, 4.69) is 0 Å². The van der Waals surface area contributed by atoms with Crippen LogP contribution in [0, 0.1) is 18.7 Å². The van der Waals surface area contributed by atoms with Crippen LogP contribution in [0.15, 0.2) is 18.2 Å². The molecule has 0 radical (unpaired) electrons. The molecule has 5 heteroatoms. The fourth-order valence-corrected chi connectivity index (χ4v) is 2.65. The van der Waals surface area contributed by atoms with Gasteiger partial charge in [0.25, 0.3) is 0 Å². The summed E-state index contributed by atoms with van der Waals surface area (Å²) in [5.74, 6) is -0.457. The van der Waals surface area contributed by atoms with Crippen LogP contribution in [-0.2, 0) is 0 Å². The van der Waals surface area contributed by atoms with Gasteiger partial charge in [-0.1, -0.05) is 6.07 Å². The molecule has 0 spiro atoms. The molecule has 0 unspecified atom stereocenters. The second-order valence-electron chi connectivity index (χ2n) is 4.65. The third-order valence-corrected chi connectivity index (χ3v) is 3.55. The molecule has 0 saturated carbocycles. The van der Waals surface area contributed by atoms with Gasteiger partial charge in [0.2, 0.25) is 0 Å². The van der Waals surface area contributed by atoms with Crippen molar-refractivity contribution in [2.24, 2.45) is 5.92 Å². The zero-order valence-corrected chi connectivity index (χ0v) is 10.1. The quantitative estimate of drug-likeness (QED) is 0.849. The van der Waals surface area contributed by atoms with Gasteiger partial charge in [0.1, 0.15) is 5.82 Å². The van der Waals surface area contributed by atoms with E-state index in [1.165, 1.54) is 17.0 Å². The van der Waals surface area contributed by atoms with Crippen molar-refractivity contribution >= 4 is 6.09 Å². The Kier molecular flexibility index (Phi) is 3.52. The third-order valence-electron chi connectivity index (χ3n) is 3.55. The molecule has 2 N–H and O–H groups in total. The predicted octanol–water partition coefficient (Wildman–Crippen LogP) is 2.17. The number of aliphatic hydroxyl groups excluding tert-OH is 1. The molecule has 18 heavy (non-hydrogen) atoms. The smallest absolute Gasteiger partial charge is 0.407 e. The number of benzene rings is 1. The summed E-state index contributed by atoms with van der Waals surface area (Å²) < 4.78 is 13.1. The van der Waals surface area contributed by atoms with Gasteiger partial charge in [0.05, 0.1) is 6.04 Å². The molecule has 1 fully saturated rings. The number of carbonyl (C=O) groups is 1. The van der Waals surface area contributed by atoms with Crippen molar-refractivity contribution in [1.82, 2.24) is 4.90 Å². The van der Waals surface area contributed by atoms with E-state index in [0.717, 1.165) is 5.56 Å². The molecule has 98 valence electrons. The Morgan fingerprint density at radius 3 is 2.83 bits per heavy atom. The highest BCUT2D eigenvalue weighted by atomic mass is 19.1. The molecule has 1 heterocycles. The molecule has 1 saturated heterocycles. The third kappa shape index (κ3) is 2.18. The maximum Gasteiger partial charge on any atom is 0.407 e. The topological polar surface area (TPSA) is 60.8 Å². The van der Waals surface area contributed by atoms with E-state index in [9.17, 15) is 19.4 Å². The van der Waals surface area contributed by atoms with Gasteiger partial charge in [-0.05, 0) is 36.6 Å². The molecule has 4 nitrogen and oxygen atoms in total. The first kappa shape index (κ1) is 12.8. The number of amides is 1. The largest absolute Gasteiger partial charge is 0.465 e. The molecule has 1 aliphatic rings. The summed E-state index contributed by atoms with van der Waals surface area (Å²) in [4.78, 5) is 12.5. The normalized spacial score (nSPS) is 23.4. The fraction of sp³-hybridized carbons (Fsp3) is 0.462. The summed E-state index contributed by atoms with van der Waals surface area (Å²) in [6.45, 7) is 2.10. The van der Waals surface area contributed by atoms with Crippen molar-refractivity contribution in [1.29, 1.82) is 0 Å². The number of hydrogen-bond acceptors (Lipinski definition) is 2. The zero-order chi connectivity index (χ0) is 13.3. The van der Waals surface area contributed by atoms with Crippen LogP contribution in [0.3, 0.4) is 0 Å². The summed E-state index contributed by atoms with van der Waals surface area (Å²) in [6.07, 6.45) is -0.371. The van der Waals surface area contributed by atoms with E-state index >= 15 is 0 Å². The van der Waals surface area contributed by atoms with Gasteiger partial charge < -0.3 is 15.1 Å². The van der Waals surface area contributed by atoms with Crippen LogP contribution >= 0.6 is 0 Å². The number of rotatable bonds is 2. The minimum Gasteiger partial charge on any atom is -0.465 e. The molecule has 0 aliphatic carbocycles. The van der Waals surface area contributed by atoms with Crippen molar-refractivity contribution in [3.05, 3.63) is 35.1 Å². The van der Waals surface area contributed by atoms with Gasteiger partial charge in [-0.3, -0.25) is 0 Å². The van der Waals surface area contributed by atoms with Gasteiger partial charge in [-0.2, -0.15) is 0 Å². The van der Waals surface area contributed by atoms with Crippen molar-refractivity contribution in [3.63, 3.8) is 0 Å². The maximum atomic E-state index is 13.1. The molecule has 1 aromatic carbocycles. The highest BCUT2D eigenvalue weighted by molar-refractivity contribution is 5.66. The lowest BCUT2D eigenvalue weighted by atomic mass is 9.91. The first-order valence-electron chi connectivity index (χ1n) is 5.91. The standard InChI is InChI=1S/C13H16FNO3/c1-8-6-10(14)2-3-11(8)12-9(7-16)4-5-15(12)13(17)18/h2-3,6,9,12,16H,4-5,7H2,1H3,(H,17,18)/t9-,12+/m0/s1. The van der Waals surface area contributed by atoms with Crippen LogP contribution in [0.1, 0.15) is 23.6 Å². The summed E-state index contributed by atoms with van der Waals surface area (Å²) in [6, 6.07) is 3.95. The monoisotopic (exact) mass is 253 g/mol. The Hall–Kier alpha value is -1.62. The fourth-order valence-electron chi connectivity index (χ4n) is 2.65. The van der Waals surface area contributed by atoms with Crippen LogP contribution in [0.4, 0.5) is 9.18 Å². The van der Waals surface area contributed by atoms with Gasteiger partial charge in [-0.15, -0.1) is 0 Å². The molecular formula is C13H16FNO3. The molecule has 2 rings (SSSR count). The van der Waals surface area contributed by atoms with Crippen molar-refractivity contribution in [3.8, 4) is 0 Å². The van der Waals surface area contributed by atoms with Crippen molar-refractivity contribution < 1.29 is 19.4 Å². The SMILES string of the molecule is Cc1cc(F)ccc1[C@H]1[C@H](CO)CCN1C(=O)O. The lowest BCUT2D eigenvalue weighted by molar-refractivity contribution is 0.124. The van der Waals surface area contributed by atoms with E-state index in [4.69, 9.17) is 0 Å². The minimum atomic E-state index is -1.00. The molecular weight excluding hydrogens is 237 g/mol. The Labute approximate surface area is 105 Å². The van der Waals surface area contributed by atoms with Crippen LogP contribution in [-0.4, -0.2) is 34.4 Å². The Morgan fingerprint density at radius 2 is 2.28 bits per heavy atom. The Balaban J connectivity index is 2.40. The first-order chi connectivity index (χ1) is 8.54. The average molecular weight is 253 g/mol. The summed E-state index contributed by atoms with van der Waals surface area (Å²) in [7, 11) is 0. The molecule has 1 amide bonds. The maximum absolute atomic E-state index is 13.1. The lowest BCUT2D eigenvalue weighted by Gasteiger charge is -2.27. The van der Waals surface area contributed by atoms with E-state index in [0.29, 0.717) is 18.5 Å². The van der Waals surface area contributed by atoms with Gasteiger partial charge in [-0.25, -0.2) is 9.18 Å². The summed E-state index contributed by atoms with van der Waals surface area (Å²) in [5.41, 5.74) is 1.49. The summed E-state index contributed by atoms with van der Waals surface area (Å²) >= 11 is 0. The zero-order valence-electron chi connectivity index (χ0n) is 10.1. The molecule has 0 bridgehead atoms. The average Bonchev–Trinajstić information content (AvgIpc) is 2.72. The van der Waals surface area contributed by atoms with Crippen LogP contribution in [0.5, 0.6) is 0 Å². The van der Waals surface area contributed by atoms with E-state index in [1.807, 2.05) is 0 Å². The lowest BCUT2D eigenvalue weighted by Crippen LogP contribution is -2.31. The van der Waals surface area contributed by atoms with Crippen LogP contribution in [0.2, 0.25) is 0 Å². The van der Waals surface area contributed by atoms with E-state index < -0.39 is 6.09 Å². The van der Waals surface area contributed by atoms with Crippen LogP contribution < -0.4 is 0 Å². The first-order valence-corrected chi connectivity index (χ1v) is 5.91. The van der Waals surface area contributed by atoms with Gasteiger partial charge >= 0.3 is 6.09 Å². The second-order valence-corrected chi connectivity index (χ2v) is 4.65. The Bertz CT molecular complexity index is 464. The van der Waals surface area contributed by atoms with E-state index in [-0.39, 0.29) is 24.4 Å². The highest BCUT2D eigenvalue weighted by Gasteiger charge is 2.38. The summed E-state index contributed by atoms with van der Waals surface area (Å²) in [5, 5.41) is 18.5. The molecule has 1 aromatic rings. The number of likely N-dealkylation sites (tertiary alicyclic amines) is 1. The highest BCUT2D eigenvalue weighted by Crippen LogP contribution is 2.38. The van der Waals surface area contributed by atoms with Gasteiger partial charge in [0, 0.05) is 19.1 Å². The van der Waals surface area contributed by atoms with E-state index in [1.54, 1.807) is 13.0 Å². The van der Waals surface area contributed by atoms with Crippen molar-refractivity contribution in [2.45, 2.75) is 19.4 Å². The molecule has 1 aliphatic heterocycles. The number of aliphatic hydroxyl groups is 1. The number of carboxylic acid groups (broad SMARTS) is 1. The number of hydrogen-bond donors (Lipinski definition) is 2. The second kappa shape index (κ2) is 4.94. The minimum absolute atomic E-state index is 0.0642. The number of nitrogens with zero attached hydrogens (tertiary/aromatic N) is 1. The predicted molar refractivity (Wildman–Crippen MR) is 63.8 cm³/mol. The molecule has 0 aromatic heterocycles. The molecule has 2 atom stereocenters. The number of halogens is 1. The number of aryl methyl sites for hydroxylation is 1.